The number of carbonyl (C=O) groups excluding carboxylic acids is 3. The SMILES string of the molecule is COc1cccc(N2CC(C(=O)Nc3cc4c(cc3C(C)=O)OCO4)CC2=O)c1. The molecule has 1 saturated heterocycles. The van der Waals surface area contributed by atoms with Crippen LogP contribution in [0.25, 0.3) is 0 Å². The molecule has 2 amide bonds. The molecule has 8 heteroatoms. The average molecular weight is 396 g/mol. The predicted molar refractivity (Wildman–Crippen MR) is 105 cm³/mol. The van der Waals surface area contributed by atoms with Crippen LogP contribution in [0.3, 0.4) is 0 Å². The summed E-state index contributed by atoms with van der Waals surface area (Å²) in [6.45, 7) is 1.73. The second kappa shape index (κ2) is 7.46. The molecule has 2 aliphatic rings. The number of benzene rings is 2. The number of amides is 2. The summed E-state index contributed by atoms with van der Waals surface area (Å²) in [5.41, 5.74) is 1.35. The summed E-state index contributed by atoms with van der Waals surface area (Å²) < 4.78 is 15.8. The summed E-state index contributed by atoms with van der Waals surface area (Å²) >= 11 is 0. The number of rotatable bonds is 5. The molecule has 1 unspecified atom stereocenters. The Morgan fingerprint density at radius 2 is 1.93 bits per heavy atom. The highest BCUT2D eigenvalue weighted by Gasteiger charge is 2.36. The zero-order chi connectivity index (χ0) is 20.5. The van der Waals surface area contributed by atoms with Crippen molar-refractivity contribution in [1.29, 1.82) is 0 Å². The number of ketones is 1. The molecule has 0 saturated carbocycles. The Hall–Kier alpha value is -3.55. The Kier molecular flexibility index (Phi) is 4.84. The molecule has 0 aromatic heterocycles. The van der Waals surface area contributed by atoms with Gasteiger partial charge in [0.2, 0.25) is 18.6 Å². The van der Waals surface area contributed by atoms with Gasteiger partial charge in [-0.25, -0.2) is 0 Å². The Labute approximate surface area is 167 Å². The van der Waals surface area contributed by atoms with Gasteiger partial charge in [-0.1, -0.05) is 6.07 Å². The van der Waals surface area contributed by atoms with E-state index in [1.54, 1.807) is 48.4 Å². The molecule has 1 atom stereocenters. The fraction of sp³-hybridized carbons (Fsp3) is 0.286. The highest BCUT2D eigenvalue weighted by atomic mass is 16.7. The van der Waals surface area contributed by atoms with Crippen LogP contribution in [0.2, 0.25) is 0 Å². The third kappa shape index (κ3) is 3.61. The van der Waals surface area contributed by atoms with Gasteiger partial charge in [0.15, 0.2) is 17.3 Å². The third-order valence-corrected chi connectivity index (χ3v) is 5.01. The molecule has 2 aromatic carbocycles. The van der Waals surface area contributed by atoms with Crippen molar-refractivity contribution in [3.8, 4) is 17.2 Å². The second-order valence-electron chi connectivity index (χ2n) is 6.90. The normalized spacial score (nSPS) is 17.4. The van der Waals surface area contributed by atoms with Crippen LogP contribution in [0.1, 0.15) is 23.7 Å². The monoisotopic (exact) mass is 396 g/mol. The Balaban J connectivity index is 1.52. The first-order chi connectivity index (χ1) is 14.0. The summed E-state index contributed by atoms with van der Waals surface area (Å²) in [7, 11) is 1.55. The molecule has 150 valence electrons. The number of methoxy groups -OCH3 is 1. The van der Waals surface area contributed by atoms with Gasteiger partial charge in [0.05, 0.1) is 18.7 Å². The molecular formula is C21H20N2O6. The molecule has 1 N–H and O–H groups in total. The number of Topliss-reactive ketones (excluding diaryl/α,β-unsaturated/α-hetero) is 1. The van der Waals surface area contributed by atoms with Crippen LogP contribution in [-0.2, 0) is 9.59 Å². The van der Waals surface area contributed by atoms with Gasteiger partial charge in [0.25, 0.3) is 0 Å². The minimum Gasteiger partial charge on any atom is -0.497 e. The van der Waals surface area contributed by atoms with E-state index in [4.69, 9.17) is 14.2 Å². The highest BCUT2D eigenvalue weighted by molar-refractivity contribution is 6.07. The molecule has 4 rings (SSSR count). The van der Waals surface area contributed by atoms with Crippen LogP contribution in [-0.4, -0.2) is 38.0 Å². The van der Waals surface area contributed by atoms with Gasteiger partial charge in [0.1, 0.15) is 5.75 Å². The van der Waals surface area contributed by atoms with Gasteiger partial charge in [-0.05, 0) is 25.1 Å². The average Bonchev–Trinajstić information content (AvgIpc) is 3.33. The summed E-state index contributed by atoms with van der Waals surface area (Å²) in [4.78, 5) is 38.9. The first kappa shape index (κ1) is 18.8. The first-order valence-electron chi connectivity index (χ1n) is 9.16. The number of fused-ring (bicyclic) bond motifs is 1. The van der Waals surface area contributed by atoms with Crippen LogP contribution in [0.4, 0.5) is 11.4 Å². The maximum Gasteiger partial charge on any atom is 0.231 e. The number of carbonyl (C=O) groups is 3. The molecule has 0 spiro atoms. The lowest BCUT2D eigenvalue weighted by Crippen LogP contribution is -2.28. The lowest BCUT2D eigenvalue weighted by Gasteiger charge is -2.18. The van der Waals surface area contributed by atoms with E-state index in [0.29, 0.717) is 34.2 Å². The fourth-order valence-corrected chi connectivity index (χ4v) is 3.48. The smallest absolute Gasteiger partial charge is 0.231 e. The van der Waals surface area contributed by atoms with E-state index >= 15 is 0 Å². The molecule has 2 heterocycles. The number of anilines is 2. The summed E-state index contributed by atoms with van der Waals surface area (Å²) in [6, 6.07) is 10.3. The predicted octanol–water partition coefficient (Wildman–Crippen LogP) is 2.62. The number of nitrogens with one attached hydrogen (secondary N) is 1. The van der Waals surface area contributed by atoms with Gasteiger partial charge in [-0.15, -0.1) is 0 Å². The van der Waals surface area contributed by atoms with Crippen LogP contribution < -0.4 is 24.4 Å². The van der Waals surface area contributed by atoms with Crippen LogP contribution in [0, 0.1) is 5.92 Å². The van der Waals surface area contributed by atoms with Crippen LogP contribution in [0.5, 0.6) is 17.2 Å². The van der Waals surface area contributed by atoms with Crippen molar-refractivity contribution in [3.63, 3.8) is 0 Å². The zero-order valence-corrected chi connectivity index (χ0v) is 16.1. The van der Waals surface area contributed by atoms with E-state index in [-0.39, 0.29) is 37.4 Å². The standard InChI is InChI=1S/C21H20N2O6/c1-12(24)16-8-18-19(29-11-28-18)9-17(16)22-21(26)13-6-20(25)23(10-13)14-4-3-5-15(7-14)27-2/h3-5,7-9,13H,6,10-11H2,1-2H3,(H,22,26). The topological polar surface area (TPSA) is 94.2 Å². The number of hydrogen-bond acceptors (Lipinski definition) is 6. The zero-order valence-electron chi connectivity index (χ0n) is 16.1. The van der Waals surface area contributed by atoms with Crippen molar-refractivity contribution < 1.29 is 28.6 Å². The molecule has 2 aromatic rings. The van der Waals surface area contributed by atoms with Crippen molar-refractivity contribution in [2.45, 2.75) is 13.3 Å². The van der Waals surface area contributed by atoms with Crippen molar-refractivity contribution in [2.24, 2.45) is 5.92 Å². The van der Waals surface area contributed by atoms with Gasteiger partial charge >= 0.3 is 0 Å². The lowest BCUT2D eigenvalue weighted by atomic mass is 10.1. The van der Waals surface area contributed by atoms with Gasteiger partial charge < -0.3 is 24.4 Å². The van der Waals surface area contributed by atoms with Gasteiger partial charge in [0, 0.05) is 36.3 Å². The Bertz CT molecular complexity index is 1000. The molecule has 0 bridgehead atoms. The molecule has 8 nitrogen and oxygen atoms in total. The van der Waals surface area contributed by atoms with Gasteiger partial charge in [-0.3, -0.25) is 14.4 Å². The second-order valence-corrected chi connectivity index (χ2v) is 6.90. The number of hydrogen-bond donors (Lipinski definition) is 1. The van der Waals surface area contributed by atoms with E-state index in [1.807, 2.05) is 0 Å². The number of ether oxygens (including phenoxy) is 3. The van der Waals surface area contributed by atoms with Gasteiger partial charge in [-0.2, -0.15) is 0 Å². The number of nitrogens with zero attached hydrogens (tertiary/aromatic N) is 1. The quantitative estimate of drug-likeness (QED) is 0.781. The van der Waals surface area contributed by atoms with Crippen molar-refractivity contribution in [1.82, 2.24) is 0 Å². The first-order valence-corrected chi connectivity index (χ1v) is 9.16. The van der Waals surface area contributed by atoms with Crippen molar-refractivity contribution in [2.75, 3.05) is 30.7 Å². The maximum atomic E-state index is 12.8. The molecule has 1 fully saturated rings. The largest absolute Gasteiger partial charge is 0.497 e. The molecule has 0 radical (unpaired) electrons. The minimum atomic E-state index is -0.543. The molecule has 29 heavy (non-hydrogen) atoms. The van der Waals surface area contributed by atoms with E-state index in [9.17, 15) is 14.4 Å². The Morgan fingerprint density at radius 3 is 2.66 bits per heavy atom. The summed E-state index contributed by atoms with van der Waals surface area (Å²) in [6.07, 6.45) is 0.0863. The summed E-state index contributed by atoms with van der Waals surface area (Å²) in [5.74, 6) is 0.341. The molecule has 2 aliphatic heterocycles. The van der Waals surface area contributed by atoms with E-state index in [2.05, 4.69) is 5.32 Å². The molecule has 0 aliphatic carbocycles. The van der Waals surface area contributed by atoms with Crippen LogP contribution in [0.15, 0.2) is 36.4 Å². The fourth-order valence-electron chi connectivity index (χ4n) is 3.48. The van der Waals surface area contributed by atoms with E-state index in [0.717, 1.165) is 0 Å². The minimum absolute atomic E-state index is 0.0662. The summed E-state index contributed by atoms with van der Waals surface area (Å²) in [5, 5.41) is 2.78. The van der Waals surface area contributed by atoms with Crippen molar-refractivity contribution in [3.05, 3.63) is 42.0 Å². The van der Waals surface area contributed by atoms with E-state index in [1.165, 1.54) is 6.92 Å². The third-order valence-electron chi connectivity index (χ3n) is 5.01. The van der Waals surface area contributed by atoms with E-state index < -0.39 is 5.92 Å². The Morgan fingerprint density at radius 1 is 1.17 bits per heavy atom. The van der Waals surface area contributed by atoms with Crippen LogP contribution >= 0.6 is 0 Å². The maximum absolute atomic E-state index is 12.8. The van der Waals surface area contributed by atoms with Crippen molar-refractivity contribution >= 4 is 29.0 Å². The lowest BCUT2D eigenvalue weighted by molar-refractivity contribution is -0.122. The molecular weight excluding hydrogens is 376 g/mol. The highest BCUT2D eigenvalue weighted by Crippen LogP contribution is 2.38.